The van der Waals surface area contributed by atoms with Crippen LogP contribution in [0.3, 0.4) is 0 Å². The highest BCUT2D eigenvalue weighted by Gasteiger charge is 2.36. The molecule has 26 heavy (non-hydrogen) atoms. The standard InChI is InChI=1S/C21H24O5/c1-6-7-13-8-15-12(2)19(26-20(15)17(9-13)23-3)14-10-16(22)21(25-5)18(11-14)24-4/h6-12,19,22H,1-5H3. The van der Waals surface area contributed by atoms with Gasteiger partial charge in [0.15, 0.2) is 23.0 Å². The highest BCUT2D eigenvalue weighted by molar-refractivity contribution is 5.62. The minimum Gasteiger partial charge on any atom is -0.504 e. The Morgan fingerprint density at radius 3 is 2.35 bits per heavy atom. The van der Waals surface area contributed by atoms with Crippen molar-refractivity contribution in [3.63, 3.8) is 0 Å². The topological polar surface area (TPSA) is 57.2 Å². The fourth-order valence-corrected chi connectivity index (χ4v) is 3.43. The molecule has 138 valence electrons. The van der Waals surface area contributed by atoms with Crippen LogP contribution in [0.2, 0.25) is 0 Å². The molecule has 1 aliphatic heterocycles. The van der Waals surface area contributed by atoms with E-state index in [0.717, 1.165) is 22.4 Å². The lowest BCUT2D eigenvalue weighted by atomic mass is 9.91. The number of benzene rings is 2. The van der Waals surface area contributed by atoms with Gasteiger partial charge in [0.1, 0.15) is 6.10 Å². The Balaban J connectivity index is 2.05. The van der Waals surface area contributed by atoms with Crippen LogP contribution in [-0.4, -0.2) is 26.4 Å². The lowest BCUT2D eigenvalue weighted by molar-refractivity contribution is 0.207. The van der Waals surface area contributed by atoms with Crippen LogP contribution < -0.4 is 18.9 Å². The second kappa shape index (κ2) is 7.20. The van der Waals surface area contributed by atoms with Crippen molar-refractivity contribution in [2.75, 3.05) is 21.3 Å². The van der Waals surface area contributed by atoms with E-state index in [1.807, 2.05) is 31.2 Å². The molecular formula is C21H24O5. The van der Waals surface area contributed by atoms with E-state index in [4.69, 9.17) is 18.9 Å². The first-order valence-electron chi connectivity index (χ1n) is 8.50. The molecule has 5 heteroatoms. The summed E-state index contributed by atoms with van der Waals surface area (Å²) < 4.78 is 22.3. The van der Waals surface area contributed by atoms with E-state index in [1.165, 1.54) is 7.11 Å². The number of fused-ring (bicyclic) bond motifs is 1. The molecule has 2 atom stereocenters. The van der Waals surface area contributed by atoms with E-state index < -0.39 is 0 Å². The zero-order chi connectivity index (χ0) is 18.8. The van der Waals surface area contributed by atoms with Gasteiger partial charge in [-0.25, -0.2) is 0 Å². The summed E-state index contributed by atoms with van der Waals surface area (Å²) >= 11 is 0. The molecule has 1 aliphatic rings. The predicted molar refractivity (Wildman–Crippen MR) is 101 cm³/mol. The largest absolute Gasteiger partial charge is 0.504 e. The molecule has 2 unspecified atom stereocenters. The molecule has 2 aromatic rings. The van der Waals surface area contributed by atoms with Gasteiger partial charge in [-0.1, -0.05) is 19.1 Å². The fourth-order valence-electron chi connectivity index (χ4n) is 3.43. The van der Waals surface area contributed by atoms with Gasteiger partial charge in [0.25, 0.3) is 0 Å². The van der Waals surface area contributed by atoms with Crippen molar-refractivity contribution in [2.24, 2.45) is 0 Å². The van der Waals surface area contributed by atoms with Crippen molar-refractivity contribution in [1.29, 1.82) is 0 Å². The fraction of sp³-hybridized carbons (Fsp3) is 0.333. The van der Waals surface area contributed by atoms with E-state index in [1.54, 1.807) is 20.3 Å². The van der Waals surface area contributed by atoms with Crippen LogP contribution in [-0.2, 0) is 0 Å². The number of allylic oxidation sites excluding steroid dienone is 1. The summed E-state index contributed by atoms with van der Waals surface area (Å²) in [4.78, 5) is 0. The lowest BCUT2D eigenvalue weighted by Gasteiger charge is -2.18. The minimum absolute atomic E-state index is 0.0233. The molecule has 0 radical (unpaired) electrons. The Hall–Kier alpha value is -2.82. The Morgan fingerprint density at radius 2 is 1.73 bits per heavy atom. The summed E-state index contributed by atoms with van der Waals surface area (Å²) in [6.45, 7) is 4.08. The molecule has 0 saturated heterocycles. The van der Waals surface area contributed by atoms with Crippen molar-refractivity contribution in [1.82, 2.24) is 0 Å². The first-order chi connectivity index (χ1) is 12.5. The number of phenolic OH excluding ortho intramolecular Hbond substituents is 1. The zero-order valence-electron chi connectivity index (χ0n) is 15.7. The van der Waals surface area contributed by atoms with Crippen LogP contribution in [0.4, 0.5) is 0 Å². The van der Waals surface area contributed by atoms with E-state index >= 15 is 0 Å². The van der Waals surface area contributed by atoms with Gasteiger partial charge in [-0.15, -0.1) is 0 Å². The van der Waals surface area contributed by atoms with E-state index in [2.05, 4.69) is 13.0 Å². The van der Waals surface area contributed by atoms with E-state index in [0.29, 0.717) is 17.2 Å². The van der Waals surface area contributed by atoms with Gasteiger partial charge in [-0.05, 0) is 36.8 Å². The molecule has 0 spiro atoms. The first-order valence-corrected chi connectivity index (χ1v) is 8.50. The highest BCUT2D eigenvalue weighted by atomic mass is 16.5. The van der Waals surface area contributed by atoms with Crippen LogP contribution in [0.25, 0.3) is 6.08 Å². The van der Waals surface area contributed by atoms with E-state index in [-0.39, 0.29) is 17.8 Å². The Bertz CT molecular complexity index is 841. The van der Waals surface area contributed by atoms with Crippen molar-refractivity contribution in [2.45, 2.75) is 25.9 Å². The second-order valence-electron chi connectivity index (χ2n) is 6.24. The summed E-state index contributed by atoms with van der Waals surface area (Å²) in [7, 11) is 4.68. The number of rotatable bonds is 5. The van der Waals surface area contributed by atoms with Crippen LogP contribution in [0, 0.1) is 0 Å². The van der Waals surface area contributed by atoms with Crippen molar-refractivity contribution < 1.29 is 24.1 Å². The number of methoxy groups -OCH3 is 3. The van der Waals surface area contributed by atoms with Gasteiger partial charge in [-0.3, -0.25) is 0 Å². The van der Waals surface area contributed by atoms with Crippen LogP contribution in [0.5, 0.6) is 28.7 Å². The molecule has 0 amide bonds. The smallest absolute Gasteiger partial charge is 0.203 e. The molecule has 0 aromatic heterocycles. The van der Waals surface area contributed by atoms with Crippen molar-refractivity contribution in [3.8, 4) is 28.7 Å². The monoisotopic (exact) mass is 356 g/mol. The molecule has 0 bridgehead atoms. The molecule has 2 aromatic carbocycles. The quantitative estimate of drug-likeness (QED) is 0.842. The highest BCUT2D eigenvalue weighted by Crippen LogP contribution is 2.52. The Labute approximate surface area is 153 Å². The molecule has 0 aliphatic carbocycles. The number of hydrogen-bond acceptors (Lipinski definition) is 5. The van der Waals surface area contributed by atoms with Crippen molar-refractivity contribution >= 4 is 6.08 Å². The SMILES string of the molecule is CC=Cc1cc(OC)c2c(c1)C(C)C(c1cc(O)c(OC)c(OC)c1)O2. The van der Waals surface area contributed by atoms with Crippen LogP contribution >= 0.6 is 0 Å². The molecular weight excluding hydrogens is 332 g/mol. The molecule has 1 N–H and O–H groups in total. The van der Waals surface area contributed by atoms with Gasteiger partial charge < -0.3 is 24.1 Å². The molecule has 0 saturated carbocycles. The predicted octanol–water partition coefficient (Wildman–Crippen LogP) is 4.69. The maximum Gasteiger partial charge on any atom is 0.203 e. The van der Waals surface area contributed by atoms with E-state index in [9.17, 15) is 5.11 Å². The van der Waals surface area contributed by atoms with Gasteiger partial charge in [0, 0.05) is 17.0 Å². The maximum atomic E-state index is 10.3. The van der Waals surface area contributed by atoms with Crippen LogP contribution in [0.1, 0.15) is 42.6 Å². The number of aromatic hydroxyl groups is 1. The number of hydrogen-bond donors (Lipinski definition) is 1. The lowest BCUT2D eigenvalue weighted by Crippen LogP contribution is -2.08. The summed E-state index contributed by atoms with van der Waals surface area (Å²) in [5, 5.41) is 10.3. The third-order valence-corrected chi connectivity index (χ3v) is 4.68. The van der Waals surface area contributed by atoms with Gasteiger partial charge in [-0.2, -0.15) is 0 Å². The van der Waals surface area contributed by atoms with Gasteiger partial charge in [0.05, 0.1) is 21.3 Å². The molecule has 1 heterocycles. The van der Waals surface area contributed by atoms with Gasteiger partial charge >= 0.3 is 0 Å². The summed E-state index contributed by atoms with van der Waals surface area (Å²) in [5.74, 6) is 2.34. The number of ether oxygens (including phenoxy) is 4. The van der Waals surface area contributed by atoms with Crippen LogP contribution in [0.15, 0.2) is 30.3 Å². The average molecular weight is 356 g/mol. The third kappa shape index (κ3) is 2.94. The average Bonchev–Trinajstić information content (AvgIpc) is 2.97. The minimum atomic E-state index is -0.259. The molecule has 0 fully saturated rings. The molecule has 3 rings (SSSR count). The zero-order valence-corrected chi connectivity index (χ0v) is 15.7. The number of phenols is 1. The first kappa shape index (κ1) is 18.0. The summed E-state index contributed by atoms with van der Waals surface area (Å²) in [5.41, 5.74) is 2.96. The Morgan fingerprint density at radius 1 is 1.00 bits per heavy atom. The second-order valence-corrected chi connectivity index (χ2v) is 6.24. The maximum absolute atomic E-state index is 10.3. The van der Waals surface area contributed by atoms with Gasteiger partial charge in [0.2, 0.25) is 5.75 Å². The van der Waals surface area contributed by atoms with Crippen molar-refractivity contribution in [3.05, 3.63) is 47.0 Å². The normalized spacial score (nSPS) is 18.5. The third-order valence-electron chi connectivity index (χ3n) is 4.68. The molecule has 5 nitrogen and oxygen atoms in total. The summed E-state index contributed by atoms with van der Waals surface area (Å²) in [6, 6.07) is 7.57. The Kier molecular flexibility index (Phi) is 4.98. The summed E-state index contributed by atoms with van der Waals surface area (Å²) in [6.07, 6.45) is 3.77.